The van der Waals surface area contributed by atoms with Crippen LogP contribution in [0.3, 0.4) is 0 Å². The van der Waals surface area contributed by atoms with Crippen LogP contribution in [0.2, 0.25) is 0 Å². The van der Waals surface area contributed by atoms with Gasteiger partial charge in [0.1, 0.15) is 11.4 Å². The molecule has 1 fully saturated rings. The molecule has 2 atom stereocenters. The Morgan fingerprint density at radius 3 is 2.70 bits per heavy atom. The highest BCUT2D eigenvalue weighted by Gasteiger charge is 2.35. The summed E-state index contributed by atoms with van der Waals surface area (Å²) in [6.45, 7) is 0.237. The maximum Gasteiger partial charge on any atom is 0.421 e. The highest BCUT2D eigenvalue weighted by molar-refractivity contribution is 5.47. The van der Waals surface area contributed by atoms with E-state index in [1.54, 1.807) is 0 Å². The first kappa shape index (κ1) is 14.8. The fraction of sp³-hybridized carbons (Fsp3) is 0.667. The van der Waals surface area contributed by atoms with Crippen LogP contribution in [0, 0.1) is 5.92 Å². The molecule has 4 N–H and O–H groups in total. The van der Waals surface area contributed by atoms with Crippen molar-refractivity contribution in [3.05, 3.63) is 11.8 Å². The number of hydrogen-bond donors (Lipinski definition) is 3. The van der Waals surface area contributed by atoms with Crippen LogP contribution in [-0.2, 0) is 6.18 Å². The van der Waals surface area contributed by atoms with Crippen LogP contribution in [-0.4, -0.2) is 27.7 Å². The number of anilines is 2. The molecule has 1 aliphatic rings. The van der Waals surface area contributed by atoms with Gasteiger partial charge < -0.3 is 16.2 Å². The molecular formula is C12H17F3N4O. The van der Waals surface area contributed by atoms with Crippen LogP contribution in [0.25, 0.3) is 0 Å². The molecule has 0 spiro atoms. The van der Waals surface area contributed by atoms with Gasteiger partial charge in [0, 0.05) is 18.7 Å². The normalized spacial score (nSPS) is 23.6. The van der Waals surface area contributed by atoms with E-state index in [4.69, 9.17) is 5.73 Å². The smallest absolute Gasteiger partial charge is 0.393 e. The van der Waals surface area contributed by atoms with Crippen molar-refractivity contribution in [2.45, 2.75) is 38.0 Å². The number of hydrogen-bond acceptors (Lipinski definition) is 5. The Kier molecular flexibility index (Phi) is 4.32. The molecule has 0 amide bonds. The molecule has 1 aromatic heterocycles. The quantitative estimate of drug-likeness (QED) is 0.793. The SMILES string of the molecule is Nc1ncc(C(F)(F)F)c(NC[C@@H]2CCCC[C@H]2O)n1. The van der Waals surface area contributed by atoms with Crippen molar-refractivity contribution >= 4 is 11.8 Å². The second-order valence-electron chi connectivity index (χ2n) is 4.98. The molecule has 0 aliphatic heterocycles. The van der Waals surface area contributed by atoms with Gasteiger partial charge in [0.25, 0.3) is 0 Å². The van der Waals surface area contributed by atoms with Crippen molar-refractivity contribution in [2.24, 2.45) is 5.92 Å². The Hall–Kier alpha value is -1.57. The molecule has 1 heterocycles. The zero-order valence-electron chi connectivity index (χ0n) is 10.8. The third-order valence-corrected chi connectivity index (χ3v) is 3.51. The lowest BCUT2D eigenvalue weighted by Crippen LogP contribution is -2.31. The standard InChI is InChI=1S/C12H17F3N4O/c13-12(14,15)8-6-18-11(16)19-10(8)17-5-7-3-1-2-4-9(7)20/h6-7,9,20H,1-5H2,(H3,16,17,18,19)/t7-,9+/m0/s1. The Morgan fingerprint density at radius 1 is 1.35 bits per heavy atom. The predicted octanol–water partition coefficient (Wildman–Crippen LogP) is 2.04. The summed E-state index contributed by atoms with van der Waals surface area (Å²) < 4.78 is 38.4. The largest absolute Gasteiger partial charge is 0.421 e. The van der Waals surface area contributed by atoms with E-state index in [1.807, 2.05) is 0 Å². The second kappa shape index (κ2) is 5.82. The van der Waals surface area contributed by atoms with Gasteiger partial charge in [-0.1, -0.05) is 12.8 Å². The van der Waals surface area contributed by atoms with Gasteiger partial charge in [0.2, 0.25) is 5.95 Å². The average Bonchev–Trinajstić information content (AvgIpc) is 2.36. The van der Waals surface area contributed by atoms with Crippen molar-refractivity contribution in [1.82, 2.24) is 9.97 Å². The summed E-state index contributed by atoms with van der Waals surface area (Å²) in [5.41, 5.74) is 4.38. The highest BCUT2D eigenvalue weighted by Crippen LogP contribution is 2.34. The van der Waals surface area contributed by atoms with E-state index in [-0.39, 0.29) is 24.2 Å². The molecule has 1 aromatic rings. The molecule has 0 unspecified atom stereocenters. The van der Waals surface area contributed by atoms with Crippen molar-refractivity contribution < 1.29 is 18.3 Å². The molecule has 2 rings (SSSR count). The molecule has 1 saturated carbocycles. The van der Waals surface area contributed by atoms with Crippen LogP contribution in [0.4, 0.5) is 24.9 Å². The van der Waals surface area contributed by atoms with Crippen molar-refractivity contribution in [3.8, 4) is 0 Å². The van der Waals surface area contributed by atoms with Crippen molar-refractivity contribution in [2.75, 3.05) is 17.6 Å². The van der Waals surface area contributed by atoms with Gasteiger partial charge in [-0.15, -0.1) is 0 Å². The first-order valence-electron chi connectivity index (χ1n) is 6.49. The molecule has 112 valence electrons. The summed E-state index contributed by atoms with van der Waals surface area (Å²) >= 11 is 0. The monoisotopic (exact) mass is 290 g/mol. The summed E-state index contributed by atoms with van der Waals surface area (Å²) in [5, 5.41) is 12.5. The zero-order chi connectivity index (χ0) is 14.8. The minimum Gasteiger partial charge on any atom is -0.393 e. The fourth-order valence-corrected chi connectivity index (χ4v) is 2.39. The summed E-state index contributed by atoms with van der Waals surface area (Å²) in [4.78, 5) is 6.98. The van der Waals surface area contributed by atoms with Crippen LogP contribution >= 0.6 is 0 Å². The fourth-order valence-electron chi connectivity index (χ4n) is 2.39. The molecule has 5 nitrogen and oxygen atoms in total. The number of halogens is 3. The topological polar surface area (TPSA) is 84.1 Å². The van der Waals surface area contributed by atoms with E-state index >= 15 is 0 Å². The van der Waals surface area contributed by atoms with E-state index < -0.39 is 17.8 Å². The number of nitrogens with one attached hydrogen (secondary N) is 1. The predicted molar refractivity (Wildman–Crippen MR) is 67.9 cm³/mol. The Bertz CT molecular complexity index is 467. The maximum atomic E-state index is 12.8. The number of aromatic nitrogens is 2. The van der Waals surface area contributed by atoms with E-state index in [9.17, 15) is 18.3 Å². The molecule has 20 heavy (non-hydrogen) atoms. The Morgan fingerprint density at radius 2 is 2.05 bits per heavy atom. The molecular weight excluding hydrogens is 273 g/mol. The first-order chi connectivity index (χ1) is 9.38. The van der Waals surface area contributed by atoms with Gasteiger partial charge in [0.15, 0.2) is 0 Å². The number of alkyl halides is 3. The minimum atomic E-state index is -4.54. The molecule has 0 radical (unpaired) electrons. The lowest BCUT2D eigenvalue weighted by atomic mass is 9.86. The van der Waals surface area contributed by atoms with Crippen LogP contribution < -0.4 is 11.1 Å². The Balaban J connectivity index is 2.10. The number of nitrogens with zero attached hydrogens (tertiary/aromatic N) is 2. The lowest BCUT2D eigenvalue weighted by molar-refractivity contribution is -0.137. The maximum absolute atomic E-state index is 12.8. The first-order valence-corrected chi connectivity index (χ1v) is 6.49. The number of nitrogens with two attached hydrogens (primary N) is 1. The van der Waals surface area contributed by atoms with Gasteiger partial charge in [0.05, 0.1) is 6.10 Å². The van der Waals surface area contributed by atoms with E-state index in [0.29, 0.717) is 12.6 Å². The number of aliphatic hydroxyl groups excluding tert-OH is 1. The van der Waals surface area contributed by atoms with Gasteiger partial charge in [-0.3, -0.25) is 0 Å². The third-order valence-electron chi connectivity index (χ3n) is 3.51. The van der Waals surface area contributed by atoms with Crippen LogP contribution in [0.15, 0.2) is 6.20 Å². The molecule has 1 aliphatic carbocycles. The Labute approximate surface area is 114 Å². The van der Waals surface area contributed by atoms with E-state index in [2.05, 4.69) is 15.3 Å². The second-order valence-corrected chi connectivity index (χ2v) is 4.98. The summed E-state index contributed by atoms with van der Waals surface area (Å²) in [6.07, 6.45) is -0.957. The average molecular weight is 290 g/mol. The number of rotatable bonds is 3. The van der Waals surface area contributed by atoms with Crippen molar-refractivity contribution in [3.63, 3.8) is 0 Å². The van der Waals surface area contributed by atoms with Crippen LogP contribution in [0.5, 0.6) is 0 Å². The summed E-state index contributed by atoms with van der Waals surface area (Å²) in [7, 11) is 0. The highest BCUT2D eigenvalue weighted by atomic mass is 19.4. The zero-order valence-corrected chi connectivity index (χ0v) is 10.8. The van der Waals surface area contributed by atoms with Gasteiger partial charge in [-0.25, -0.2) is 4.98 Å². The van der Waals surface area contributed by atoms with Crippen molar-refractivity contribution in [1.29, 1.82) is 0 Å². The minimum absolute atomic E-state index is 0.0685. The van der Waals surface area contributed by atoms with Gasteiger partial charge in [-0.2, -0.15) is 18.2 Å². The molecule has 0 aromatic carbocycles. The molecule has 0 saturated heterocycles. The lowest BCUT2D eigenvalue weighted by Gasteiger charge is -2.28. The van der Waals surface area contributed by atoms with E-state index in [0.717, 1.165) is 19.3 Å². The number of nitrogen functional groups attached to an aromatic ring is 1. The third kappa shape index (κ3) is 3.50. The number of aliphatic hydroxyl groups is 1. The van der Waals surface area contributed by atoms with Gasteiger partial charge in [-0.05, 0) is 12.8 Å². The van der Waals surface area contributed by atoms with E-state index in [1.165, 1.54) is 0 Å². The summed E-state index contributed by atoms with van der Waals surface area (Å²) in [5.74, 6) is -0.617. The van der Waals surface area contributed by atoms with Gasteiger partial charge >= 0.3 is 6.18 Å². The van der Waals surface area contributed by atoms with Crippen LogP contribution in [0.1, 0.15) is 31.2 Å². The molecule has 8 heteroatoms. The molecule has 0 bridgehead atoms. The summed E-state index contributed by atoms with van der Waals surface area (Å²) in [6, 6.07) is 0.